The van der Waals surface area contributed by atoms with E-state index in [0.717, 1.165) is 23.4 Å². The number of nitrogens with zero attached hydrogens (tertiary/aromatic N) is 2. The Morgan fingerprint density at radius 3 is 2.29 bits per heavy atom. The fourth-order valence-electron chi connectivity index (χ4n) is 1.31. The SMILES string of the molecule is CCc1ccc(-c2ccccc2)nn1. The lowest BCUT2D eigenvalue weighted by molar-refractivity contribution is 0.924. The van der Waals surface area contributed by atoms with E-state index in [1.165, 1.54) is 0 Å². The molecule has 0 atom stereocenters. The minimum atomic E-state index is 0.933. The van der Waals surface area contributed by atoms with Gasteiger partial charge >= 0.3 is 0 Å². The van der Waals surface area contributed by atoms with Gasteiger partial charge in [0.1, 0.15) is 0 Å². The summed E-state index contributed by atoms with van der Waals surface area (Å²) in [5.41, 5.74) is 3.08. The van der Waals surface area contributed by atoms with Gasteiger partial charge < -0.3 is 0 Å². The van der Waals surface area contributed by atoms with Crippen molar-refractivity contribution in [3.8, 4) is 11.3 Å². The van der Waals surface area contributed by atoms with Gasteiger partial charge in [-0.25, -0.2) is 0 Å². The molecular weight excluding hydrogens is 172 g/mol. The molecule has 0 bridgehead atoms. The first-order valence-electron chi connectivity index (χ1n) is 4.78. The third kappa shape index (κ3) is 1.79. The molecule has 0 unspecified atom stereocenters. The van der Waals surface area contributed by atoms with Gasteiger partial charge in [-0.3, -0.25) is 0 Å². The van der Waals surface area contributed by atoms with Gasteiger partial charge in [0.05, 0.1) is 11.4 Å². The molecule has 2 heteroatoms. The Hall–Kier alpha value is -1.70. The monoisotopic (exact) mass is 184 g/mol. The fourth-order valence-corrected chi connectivity index (χ4v) is 1.31. The molecule has 2 aromatic rings. The number of aryl methyl sites for hydroxylation is 1. The highest BCUT2D eigenvalue weighted by Gasteiger charge is 1.98. The molecule has 0 aliphatic heterocycles. The van der Waals surface area contributed by atoms with Gasteiger partial charge in [-0.2, -0.15) is 10.2 Å². The summed E-state index contributed by atoms with van der Waals surface area (Å²) in [5, 5.41) is 8.29. The molecule has 0 N–H and O–H groups in total. The Kier molecular flexibility index (Phi) is 2.54. The molecule has 14 heavy (non-hydrogen) atoms. The second kappa shape index (κ2) is 4.01. The van der Waals surface area contributed by atoms with E-state index in [1.807, 2.05) is 42.5 Å². The molecule has 0 amide bonds. The van der Waals surface area contributed by atoms with Crippen LogP contribution in [0.4, 0.5) is 0 Å². The molecule has 2 rings (SSSR count). The van der Waals surface area contributed by atoms with E-state index in [-0.39, 0.29) is 0 Å². The van der Waals surface area contributed by atoms with Crippen molar-refractivity contribution in [2.45, 2.75) is 13.3 Å². The van der Waals surface area contributed by atoms with Gasteiger partial charge in [-0.15, -0.1) is 0 Å². The molecule has 0 spiro atoms. The average Bonchev–Trinajstić information content (AvgIpc) is 2.30. The van der Waals surface area contributed by atoms with E-state index in [9.17, 15) is 0 Å². The highest BCUT2D eigenvalue weighted by Crippen LogP contribution is 2.14. The van der Waals surface area contributed by atoms with E-state index in [0.29, 0.717) is 0 Å². The summed E-state index contributed by atoms with van der Waals surface area (Å²) in [6.45, 7) is 2.08. The molecule has 1 aromatic carbocycles. The molecule has 0 saturated heterocycles. The first kappa shape index (κ1) is 8.88. The quantitative estimate of drug-likeness (QED) is 0.717. The predicted molar refractivity (Wildman–Crippen MR) is 56.8 cm³/mol. The van der Waals surface area contributed by atoms with Gasteiger partial charge in [0.2, 0.25) is 0 Å². The lowest BCUT2D eigenvalue weighted by atomic mass is 10.1. The Labute approximate surface area is 83.6 Å². The van der Waals surface area contributed by atoms with Crippen molar-refractivity contribution in [3.63, 3.8) is 0 Å². The fraction of sp³-hybridized carbons (Fsp3) is 0.167. The average molecular weight is 184 g/mol. The van der Waals surface area contributed by atoms with Crippen LogP contribution < -0.4 is 0 Å². The summed E-state index contributed by atoms with van der Waals surface area (Å²) >= 11 is 0. The number of rotatable bonds is 2. The van der Waals surface area contributed by atoms with Crippen LogP contribution in [-0.2, 0) is 6.42 Å². The van der Waals surface area contributed by atoms with Crippen molar-refractivity contribution < 1.29 is 0 Å². The van der Waals surface area contributed by atoms with E-state index >= 15 is 0 Å². The van der Waals surface area contributed by atoms with Crippen LogP contribution in [0.1, 0.15) is 12.6 Å². The van der Waals surface area contributed by atoms with Crippen LogP contribution in [0.2, 0.25) is 0 Å². The smallest absolute Gasteiger partial charge is 0.0929 e. The van der Waals surface area contributed by atoms with E-state index in [4.69, 9.17) is 0 Å². The summed E-state index contributed by atoms with van der Waals surface area (Å²) in [5.74, 6) is 0. The van der Waals surface area contributed by atoms with Crippen molar-refractivity contribution in [3.05, 3.63) is 48.2 Å². The van der Waals surface area contributed by atoms with Gasteiger partial charge in [0, 0.05) is 5.56 Å². The summed E-state index contributed by atoms with van der Waals surface area (Å²) < 4.78 is 0. The zero-order chi connectivity index (χ0) is 9.80. The molecule has 0 aliphatic rings. The minimum Gasteiger partial charge on any atom is -0.155 e. The summed E-state index contributed by atoms with van der Waals surface area (Å²) in [4.78, 5) is 0. The van der Waals surface area contributed by atoms with Crippen LogP contribution in [0.15, 0.2) is 42.5 Å². The van der Waals surface area contributed by atoms with Crippen LogP contribution in [-0.4, -0.2) is 10.2 Å². The standard InChI is InChI=1S/C12H12N2/c1-2-11-8-9-12(14-13-11)10-6-4-3-5-7-10/h3-9H,2H2,1H3. The van der Waals surface area contributed by atoms with E-state index < -0.39 is 0 Å². The van der Waals surface area contributed by atoms with Crippen molar-refractivity contribution >= 4 is 0 Å². The summed E-state index contributed by atoms with van der Waals surface area (Å²) in [6, 6.07) is 14.1. The highest BCUT2D eigenvalue weighted by molar-refractivity contribution is 5.57. The molecule has 1 aromatic heterocycles. The van der Waals surface area contributed by atoms with Gasteiger partial charge in [0.25, 0.3) is 0 Å². The maximum absolute atomic E-state index is 4.17. The van der Waals surface area contributed by atoms with Crippen LogP contribution in [0, 0.1) is 0 Å². The van der Waals surface area contributed by atoms with Gasteiger partial charge in [0.15, 0.2) is 0 Å². The normalized spacial score (nSPS) is 10.1. The molecule has 0 radical (unpaired) electrons. The zero-order valence-electron chi connectivity index (χ0n) is 8.14. The number of hydrogen-bond donors (Lipinski definition) is 0. The second-order valence-electron chi connectivity index (χ2n) is 3.13. The van der Waals surface area contributed by atoms with Crippen molar-refractivity contribution in [2.75, 3.05) is 0 Å². The van der Waals surface area contributed by atoms with Crippen LogP contribution in [0.3, 0.4) is 0 Å². The van der Waals surface area contributed by atoms with Gasteiger partial charge in [-0.05, 0) is 18.6 Å². The predicted octanol–water partition coefficient (Wildman–Crippen LogP) is 2.71. The number of benzene rings is 1. The third-order valence-corrected chi connectivity index (χ3v) is 2.15. The minimum absolute atomic E-state index is 0.933. The number of hydrogen-bond acceptors (Lipinski definition) is 2. The molecule has 0 fully saturated rings. The Bertz CT molecular complexity index is 392. The first-order chi connectivity index (χ1) is 6.90. The zero-order valence-corrected chi connectivity index (χ0v) is 8.14. The molecule has 2 nitrogen and oxygen atoms in total. The van der Waals surface area contributed by atoms with Crippen molar-refractivity contribution in [1.29, 1.82) is 0 Å². The molecule has 0 saturated carbocycles. The van der Waals surface area contributed by atoms with Crippen molar-refractivity contribution in [2.24, 2.45) is 0 Å². The Balaban J connectivity index is 2.34. The maximum atomic E-state index is 4.17. The van der Waals surface area contributed by atoms with Crippen molar-refractivity contribution in [1.82, 2.24) is 10.2 Å². The Morgan fingerprint density at radius 2 is 1.71 bits per heavy atom. The lowest BCUT2D eigenvalue weighted by Gasteiger charge is -1.99. The lowest BCUT2D eigenvalue weighted by Crippen LogP contribution is -1.92. The first-order valence-corrected chi connectivity index (χ1v) is 4.78. The summed E-state index contributed by atoms with van der Waals surface area (Å²) in [6.07, 6.45) is 0.933. The molecule has 0 aliphatic carbocycles. The highest BCUT2D eigenvalue weighted by atomic mass is 15.1. The van der Waals surface area contributed by atoms with Gasteiger partial charge in [-0.1, -0.05) is 37.3 Å². The number of aromatic nitrogens is 2. The van der Waals surface area contributed by atoms with E-state index in [1.54, 1.807) is 0 Å². The summed E-state index contributed by atoms with van der Waals surface area (Å²) in [7, 11) is 0. The molecule has 1 heterocycles. The molecule has 70 valence electrons. The van der Waals surface area contributed by atoms with Crippen LogP contribution in [0.5, 0.6) is 0 Å². The topological polar surface area (TPSA) is 25.8 Å². The second-order valence-corrected chi connectivity index (χ2v) is 3.13. The Morgan fingerprint density at radius 1 is 0.929 bits per heavy atom. The van der Waals surface area contributed by atoms with Crippen LogP contribution in [0.25, 0.3) is 11.3 Å². The van der Waals surface area contributed by atoms with E-state index in [2.05, 4.69) is 17.1 Å². The largest absolute Gasteiger partial charge is 0.155 e. The molecular formula is C12H12N2. The third-order valence-electron chi connectivity index (χ3n) is 2.15. The maximum Gasteiger partial charge on any atom is 0.0929 e. The van der Waals surface area contributed by atoms with Crippen LogP contribution >= 0.6 is 0 Å².